The molecule has 0 aliphatic carbocycles. The number of nitriles is 1. The number of nitrogens with zero attached hydrogens (tertiary/aromatic N) is 1. The minimum atomic E-state index is -0.619. The number of halogens is 1. The molecule has 4 nitrogen and oxygen atoms in total. The highest BCUT2D eigenvalue weighted by Crippen LogP contribution is 2.20. The summed E-state index contributed by atoms with van der Waals surface area (Å²) in [6.45, 7) is -0.117. The van der Waals surface area contributed by atoms with E-state index >= 15 is 0 Å². The maximum Gasteiger partial charge on any atom is 0.342 e. The molecule has 0 N–H and O–H groups in total. The van der Waals surface area contributed by atoms with Crippen molar-refractivity contribution >= 4 is 5.97 Å². The van der Waals surface area contributed by atoms with Gasteiger partial charge in [0, 0.05) is 0 Å². The average Bonchev–Trinajstić information content (AvgIpc) is 2.52. The third-order valence-corrected chi connectivity index (χ3v) is 2.68. The van der Waals surface area contributed by atoms with Crippen LogP contribution in [0.5, 0.6) is 5.75 Å². The molecule has 0 aliphatic rings. The lowest BCUT2D eigenvalue weighted by molar-refractivity contribution is 0.0550. The van der Waals surface area contributed by atoms with Crippen LogP contribution >= 0.6 is 0 Å². The number of benzene rings is 2. The molecule has 0 saturated heterocycles. The van der Waals surface area contributed by atoms with Crippen molar-refractivity contribution in [1.82, 2.24) is 0 Å². The highest BCUT2D eigenvalue weighted by atomic mass is 19.1. The fourth-order valence-corrected chi connectivity index (χ4v) is 1.68. The van der Waals surface area contributed by atoms with Crippen LogP contribution in [0.2, 0.25) is 0 Å². The maximum atomic E-state index is 12.8. The molecule has 0 bridgehead atoms. The van der Waals surface area contributed by atoms with E-state index in [1.165, 1.54) is 12.1 Å². The fourth-order valence-electron chi connectivity index (χ4n) is 1.68. The molecule has 0 unspecified atom stereocenters. The standard InChI is InChI=1S/C16H12FNO3/c17-13-7-5-12(6-8-13)11-21-15-4-2-1-3-14(15)16(19)20-10-9-18/h1-8H,10-11H2. The van der Waals surface area contributed by atoms with Crippen molar-refractivity contribution in [3.05, 3.63) is 65.5 Å². The van der Waals surface area contributed by atoms with Crippen molar-refractivity contribution in [2.24, 2.45) is 0 Å². The molecule has 0 aromatic heterocycles. The predicted molar refractivity (Wildman–Crippen MR) is 73.1 cm³/mol. The second-order valence-corrected chi connectivity index (χ2v) is 4.15. The second-order valence-electron chi connectivity index (χ2n) is 4.15. The van der Waals surface area contributed by atoms with Crippen molar-refractivity contribution in [3.63, 3.8) is 0 Å². The SMILES string of the molecule is N#CCOC(=O)c1ccccc1OCc1ccc(F)cc1. The molecular formula is C16H12FNO3. The quantitative estimate of drug-likeness (QED) is 0.792. The summed E-state index contributed by atoms with van der Waals surface area (Å²) in [7, 11) is 0. The van der Waals surface area contributed by atoms with Crippen LogP contribution in [0.1, 0.15) is 15.9 Å². The highest BCUT2D eigenvalue weighted by molar-refractivity contribution is 5.92. The Labute approximate surface area is 121 Å². The zero-order valence-electron chi connectivity index (χ0n) is 11.1. The van der Waals surface area contributed by atoms with Gasteiger partial charge in [-0.05, 0) is 29.8 Å². The largest absolute Gasteiger partial charge is 0.488 e. The van der Waals surface area contributed by atoms with Gasteiger partial charge in [0.1, 0.15) is 29.8 Å². The first kappa shape index (κ1) is 14.5. The van der Waals surface area contributed by atoms with Crippen LogP contribution in [-0.2, 0) is 11.3 Å². The van der Waals surface area contributed by atoms with Crippen LogP contribution in [-0.4, -0.2) is 12.6 Å². The molecule has 2 rings (SSSR count). The van der Waals surface area contributed by atoms with Crippen LogP contribution < -0.4 is 4.74 Å². The second kappa shape index (κ2) is 7.06. The zero-order valence-corrected chi connectivity index (χ0v) is 11.1. The number of rotatable bonds is 5. The van der Waals surface area contributed by atoms with Crippen LogP contribution in [0.15, 0.2) is 48.5 Å². The van der Waals surface area contributed by atoms with Crippen molar-refractivity contribution in [1.29, 1.82) is 5.26 Å². The Morgan fingerprint density at radius 3 is 2.57 bits per heavy atom. The van der Waals surface area contributed by atoms with Gasteiger partial charge in [0.05, 0.1) is 0 Å². The minimum absolute atomic E-state index is 0.197. The summed E-state index contributed by atoms with van der Waals surface area (Å²) >= 11 is 0. The maximum absolute atomic E-state index is 12.8. The van der Waals surface area contributed by atoms with Crippen molar-refractivity contribution in [2.75, 3.05) is 6.61 Å². The summed E-state index contributed by atoms with van der Waals surface area (Å²) in [6.07, 6.45) is 0. The van der Waals surface area contributed by atoms with E-state index in [1.54, 1.807) is 42.5 Å². The van der Waals surface area contributed by atoms with E-state index in [1.807, 2.05) is 0 Å². The smallest absolute Gasteiger partial charge is 0.342 e. The Hall–Kier alpha value is -2.87. The number of hydrogen-bond acceptors (Lipinski definition) is 4. The molecule has 21 heavy (non-hydrogen) atoms. The molecule has 0 fully saturated rings. The number of carbonyl (C=O) groups is 1. The molecule has 5 heteroatoms. The third kappa shape index (κ3) is 4.05. The van der Waals surface area contributed by atoms with Crippen LogP contribution in [0.25, 0.3) is 0 Å². The van der Waals surface area contributed by atoms with Crippen LogP contribution in [0.4, 0.5) is 4.39 Å². The summed E-state index contributed by atoms with van der Waals surface area (Å²) < 4.78 is 23.1. The van der Waals surface area contributed by atoms with Gasteiger partial charge in [0.2, 0.25) is 0 Å². The minimum Gasteiger partial charge on any atom is -0.488 e. The van der Waals surface area contributed by atoms with E-state index in [2.05, 4.69) is 0 Å². The van der Waals surface area contributed by atoms with Crippen LogP contribution in [0.3, 0.4) is 0 Å². The van der Waals surface area contributed by atoms with Crippen LogP contribution in [0, 0.1) is 17.1 Å². The summed E-state index contributed by atoms with van der Waals surface area (Å²) in [4.78, 5) is 11.8. The molecule has 2 aromatic rings. The predicted octanol–water partition coefficient (Wildman–Crippen LogP) is 3.09. The fraction of sp³-hybridized carbons (Fsp3) is 0.125. The molecule has 0 heterocycles. The van der Waals surface area contributed by atoms with E-state index in [0.29, 0.717) is 5.75 Å². The van der Waals surface area contributed by atoms with Crippen molar-refractivity contribution < 1.29 is 18.7 Å². The van der Waals surface area contributed by atoms with Gasteiger partial charge in [-0.25, -0.2) is 9.18 Å². The van der Waals surface area contributed by atoms with Gasteiger partial charge in [-0.3, -0.25) is 0 Å². The van der Waals surface area contributed by atoms with Gasteiger partial charge in [-0.1, -0.05) is 24.3 Å². The lowest BCUT2D eigenvalue weighted by atomic mass is 10.2. The summed E-state index contributed by atoms with van der Waals surface area (Å²) in [5, 5.41) is 8.42. The van der Waals surface area contributed by atoms with E-state index in [4.69, 9.17) is 14.7 Å². The molecule has 2 aromatic carbocycles. The average molecular weight is 285 g/mol. The lowest BCUT2D eigenvalue weighted by Gasteiger charge is -2.10. The Balaban J connectivity index is 2.08. The first-order valence-corrected chi connectivity index (χ1v) is 6.21. The lowest BCUT2D eigenvalue weighted by Crippen LogP contribution is -2.08. The number of carbonyl (C=O) groups excluding carboxylic acids is 1. The summed E-state index contributed by atoms with van der Waals surface area (Å²) in [5.41, 5.74) is 1.02. The molecule has 0 spiro atoms. The Morgan fingerprint density at radius 2 is 1.86 bits per heavy atom. The number of hydrogen-bond donors (Lipinski definition) is 0. The van der Waals surface area contributed by atoms with E-state index in [-0.39, 0.29) is 24.6 Å². The summed E-state index contributed by atoms with van der Waals surface area (Å²) in [6, 6.07) is 14.2. The first-order chi connectivity index (χ1) is 10.2. The molecule has 0 aliphatic heterocycles. The van der Waals surface area contributed by atoms with Crippen molar-refractivity contribution in [3.8, 4) is 11.8 Å². The van der Waals surface area contributed by atoms with E-state index in [0.717, 1.165) is 5.56 Å². The van der Waals surface area contributed by atoms with Crippen molar-refractivity contribution in [2.45, 2.75) is 6.61 Å². The highest BCUT2D eigenvalue weighted by Gasteiger charge is 2.13. The molecule has 0 radical (unpaired) electrons. The molecular weight excluding hydrogens is 273 g/mol. The number of para-hydroxylation sites is 1. The first-order valence-electron chi connectivity index (χ1n) is 6.21. The Kier molecular flexibility index (Phi) is 4.89. The third-order valence-electron chi connectivity index (χ3n) is 2.68. The molecule has 0 atom stereocenters. The Bertz CT molecular complexity index is 662. The normalized spacial score (nSPS) is 9.71. The monoisotopic (exact) mass is 285 g/mol. The Morgan fingerprint density at radius 1 is 1.14 bits per heavy atom. The van der Waals surface area contributed by atoms with Gasteiger partial charge in [-0.15, -0.1) is 0 Å². The van der Waals surface area contributed by atoms with E-state index in [9.17, 15) is 9.18 Å². The molecule has 0 amide bonds. The molecule has 0 saturated carbocycles. The van der Waals surface area contributed by atoms with E-state index < -0.39 is 5.97 Å². The number of esters is 1. The molecule has 106 valence electrons. The topological polar surface area (TPSA) is 59.3 Å². The zero-order chi connectivity index (χ0) is 15.1. The van der Waals surface area contributed by atoms with Gasteiger partial charge in [0.25, 0.3) is 0 Å². The summed E-state index contributed by atoms with van der Waals surface area (Å²) in [5.74, 6) is -0.588. The van der Waals surface area contributed by atoms with Gasteiger partial charge < -0.3 is 9.47 Å². The van der Waals surface area contributed by atoms with Gasteiger partial charge >= 0.3 is 5.97 Å². The van der Waals surface area contributed by atoms with Gasteiger partial charge in [0.15, 0.2) is 6.61 Å². The van der Waals surface area contributed by atoms with Gasteiger partial charge in [-0.2, -0.15) is 5.26 Å². The number of ether oxygens (including phenoxy) is 2.